The minimum Gasteiger partial charge on any atom is -0.380 e. The molecule has 0 aliphatic heterocycles. The molecule has 3 nitrogen and oxygen atoms in total. The summed E-state index contributed by atoms with van der Waals surface area (Å²) in [6.45, 7) is 0. The maximum Gasteiger partial charge on any atom is 0.0946 e. The predicted octanol–water partition coefficient (Wildman–Crippen LogP) is 0.176. The van der Waals surface area contributed by atoms with Crippen LogP contribution in [0.1, 0.15) is 19.3 Å². The maximum atomic E-state index is 10.8. The van der Waals surface area contributed by atoms with Crippen LogP contribution in [0, 0.1) is 0 Å². The van der Waals surface area contributed by atoms with Crippen molar-refractivity contribution in [1.82, 2.24) is 0 Å². The third-order valence-corrected chi connectivity index (χ3v) is 3.13. The van der Waals surface area contributed by atoms with Crippen LogP contribution in [0.3, 0.4) is 0 Å². The lowest BCUT2D eigenvalue weighted by molar-refractivity contribution is 0.112. The molecule has 1 aliphatic rings. The highest BCUT2D eigenvalue weighted by Gasteiger charge is 2.30. The molecule has 0 spiro atoms. The quantitative estimate of drug-likeness (QED) is 0.631. The van der Waals surface area contributed by atoms with Crippen LogP contribution in [-0.2, 0) is 15.7 Å². The van der Waals surface area contributed by atoms with Gasteiger partial charge in [0.05, 0.1) is 22.3 Å². The first-order valence-electron chi connectivity index (χ1n) is 3.43. The average Bonchev–Trinajstić information content (AvgIpc) is 2.33. The van der Waals surface area contributed by atoms with Gasteiger partial charge in [0.15, 0.2) is 0 Å². The molecule has 1 unspecified atom stereocenters. The maximum absolute atomic E-state index is 10.8. The zero-order valence-electron chi connectivity index (χ0n) is 6.08. The SMILES string of the molecule is CO[C@@H]1CCC[C@H]1S(N)=O. The minimum absolute atomic E-state index is 0.0741. The molecule has 2 N–H and O–H groups in total. The number of nitrogens with two attached hydrogens (primary N) is 1. The Morgan fingerprint density at radius 3 is 2.70 bits per heavy atom. The number of methoxy groups -OCH3 is 1. The van der Waals surface area contributed by atoms with Crippen LogP contribution >= 0.6 is 0 Å². The Morgan fingerprint density at radius 1 is 1.60 bits per heavy atom. The van der Waals surface area contributed by atoms with Gasteiger partial charge in [-0.3, -0.25) is 5.14 Å². The Hall–Kier alpha value is 0.0700. The molecule has 1 saturated carbocycles. The van der Waals surface area contributed by atoms with E-state index in [4.69, 9.17) is 9.88 Å². The lowest BCUT2D eigenvalue weighted by Gasteiger charge is -2.13. The summed E-state index contributed by atoms with van der Waals surface area (Å²) in [5.41, 5.74) is 0. The molecule has 10 heavy (non-hydrogen) atoms. The Labute approximate surface area is 63.5 Å². The van der Waals surface area contributed by atoms with Crippen LogP contribution in [0.25, 0.3) is 0 Å². The van der Waals surface area contributed by atoms with E-state index in [1.165, 1.54) is 0 Å². The molecule has 0 aromatic heterocycles. The largest absolute Gasteiger partial charge is 0.380 e. The van der Waals surface area contributed by atoms with Crippen LogP contribution in [0.5, 0.6) is 0 Å². The molecule has 0 heterocycles. The van der Waals surface area contributed by atoms with Gasteiger partial charge in [-0.1, -0.05) is 0 Å². The molecule has 3 atom stereocenters. The van der Waals surface area contributed by atoms with E-state index in [-0.39, 0.29) is 11.4 Å². The standard InChI is InChI=1S/C6H13NO2S/c1-9-5-3-2-4-6(5)10(7)8/h5-6H,2-4,7H2,1H3/t5-,6-,10?/m1/s1. The van der Waals surface area contributed by atoms with Crippen molar-refractivity contribution in [3.8, 4) is 0 Å². The van der Waals surface area contributed by atoms with Crippen LogP contribution in [-0.4, -0.2) is 22.7 Å². The van der Waals surface area contributed by atoms with Gasteiger partial charge in [0.1, 0.15) is 0 Å². The summed E-state index contributed by atoms with van der Waals surface area (Å²) in [4.78, 5) is 0. The summed E-state index contributed by atoms with van der Waals surface area (Å²) in [6.07, 6.45) is 3.17. The average molecular weight is 163 g/mol. The molecule has 1 fully saturated rings. The third kappa shape index (κ3) is 1.56. The molecule has 0 radical (unpaired) electrons. The van der Waals surface area contributed by atoms with E-state index in [2.05, 4.69) is 0 Å². The molecule has 0 aromatic rings. The molecule has 1 rings (SSSR count). The Kier molecular flexibility index (Phi) is 2.82. The van der Waals surface area contributed by atoms with Crippen LogP contribution in [0.15, 0.2) is 0 Å². The van der Waals surface area contributed by atoms with Crippen molar-refractivity contribution in [2.45, 2.75) is 30.6 Å². The Morgan fingerprint density at radius 2 is 2.30 bits per heavy atom. The fraction of sp³-hybridized carbons (Fsp3) is 1.00. The first kappa shape index (κ1) is 8.17. The van der Waals surface area contributed by atoms with Crippen molar-refractivity contribution in [1.29, 1.82) is 0 Å². The highest BCUT2D eigenvalue weighted by atomic mass is 32.2. The second-order valence-electron chi connectivity index (χ2n) is 2.57. The van der Waals surface area contributed by atoms with Crippen molar-refractivity contribution >= 4 is 11.0 Å². The summed E-state index contributed by atoms with van der Waals surface area (Å²) < 4.78 is 15.9. The van der Waals surface area contributed by atoms with E-state index in [1.807, 2.05) is 0 Å². The third-order valence-electron chi connectivity index (χ3n) is 1.99. The molecule has 0 aromatic carbocycles. The van der Waals surface area contributed by atoms with Gasteiger partial charge in [-0.25, -0.2) is 4.21 Å². The van der Waals surface area contributed by atoms with E-state index in [9.17, 15) is 4.21 Å². The fourth-order valence-electron chi connectivity index (χ4n) is 1.43. The van der Waals surface area contributed by atoms with Crippen molar-refractivity contribution in [2.24, 2.45) is 5.14 Å². The smallest absolute Gasteiger partial charge is 0.0946 e. The molecule has 60 valence electrons. The zero-order chi connectivity index (χ0) is 7.56. The van der Waals surface area contributed by atoms with E-state index >= 15 is 0 Å². The highest BCUT2D eigenvalue weighted by Crippen LogP contribution is 2.24. The van der Waals surface area contributed by atoms with Crippen molar-refractivity contribution in [2.75, 3.05) is 7.11 Å². The lowest BCUT2D eigenvalue weighted by atomic mass is 10.3. The van der Waals surface area contributed by atoms with Gasteiger partial charge >= 0.3 is 0 Å². The van der Waals surface area contributed by atoms with E-state index in [1.54, 1.807) is 7.11 Å². The van der Waals surface area contributed by atoms with E-state index in [0.717, 1.165) is 19.3 Å². The van der Waals surface area contributed by atoms with E-state index in [0.29, 0.717) is 0 Å². The van der Waals surface area contributed by atoms with Crippen molar-refractivity contribution in [3.63, 3.8) is 0 Å². The topological polar surface area (TPSA) is 52.3 Å². The van der Waals surface area contributed by atoms with Gasteiger partial charge in [-0.05, 0) is 19.3 Å². The number of rotatable bonds is 2. The summed E-state index contributed by atoms with van der Waals surface area (Å²) >= 11 is 0. The summed E-state index contributed by atoms with van der Waals surface area (Å²) in [7, 11) is 0.453. The fourth-order valence-corrected chi connectivity index (χ4v) is 2.37. The van der Waals surface area contributed by atoms with Gasteiger partial charge in [-0.15, -0.1) is 0 Å². The van der Waals surface area contributed by atoms with Crippen LogP contribution in [0.4, 0.5) is 0 Å². The van der Waals surface area contributed by atoms with Gasteiger partial charge in [0.25, 0.3) is 0 Å². The first-order chi connectivity index (χ1) is 4.75. The molecule has 1 aliphatic carbocycles. The molecule has 0 bridgehead atoms. The van der Waals surface area contributed by atoms with Crippen molar-refractivity contribution < 1.29 is 8.95 Å². The first-order valence-corrected chi connectivity index (χ1v) is 4.71. The molecule has 4 heteroatoms. The summed E-state index contributed by atoms with van der Waals surface area (Å²) in [5.74, 6) is 0. The second-order valence-corrected chi connectivity index (χ2v) is 3.83. The molecule has 0 saturated heterocycles. The monoisotopic (exact) mass is 163 g/mol. The van der Waals surface area contributed by atoms with Crippen LogP contribution in [0.2, 0.25) is 0 Å². The molecule has 0 amide bonds. The number of ether oxygens (including phenoxy) is 1. The van der Waals surface area contributed by atoms with Gasteiger partial charge < -0.3 is 4.74 Å². The van der Waals surface area contributed by atoms with Crippen molar-refractivity contribution in [3.05, 3.63) is 0 Å². The summed E-state index contributed by atoms with van der Waals surface area (Å²) in [5, 5.41) is 5.33. The highest BCUT2D eigenvalue weighted by molar-refractivity contribution is 7.83. The van der Waals surface area contributed by atoms with Gasteiger partial charge in [0.2, 0.25) is 0 Å². The minimum atomic E-state index is -1.20. The Bertz CT molecular complexity index is 140. The van der Waals surface area contributed by atoms with Gasteiger partial charge in [0, 0.05) is 7.11 Å². The zero-order valence-corrected chi connectivity index (χ0v) is 6.89. The van der Waals surface area contributed by atoms with Gasteiger partial charge in [-0.2, -0.15) is 0 Å². The normalized spacial score (nSPS) is 36.2. The van der Waals surface area contributed by atoms with E-state index < -0.39 is 11.0 Å². The summed E-state index contributed by atoms with van der Waals surface area (Å²) in [6, 6.07) is 0. The lowest BCUT2D eigenvalue weighted by Crippen LogP contribution is -2.30. The Balaban J connectivity index is 2.50. The van der Waals surface area contributed by atoms with Crippen LogP contribution < -0.4 is 5.14 Å². The number of hydrogen-bond donors (Lipinski definition) is 1. The molecular weight excluding hydrogens is 150 g/mol. The predicted molar refractivity (Wildman–Crippen MR) is 40.8 cm³/mol. The number of hydrogen-bond acceptors (Lipinski definition) is 2. The molecular formula is C6H13NO2S. The second kappa shape index (κ2) is 3.46.